The Morgan fingerprint density at radius 1 is 0.783 bits per heavy atom. The van der Waals surface area contributed by atoms with Crippen molar-refractivity contribution in [3.05, 3.63) is 0 Å². The number of rotatable bonds is 17. The molecule has 0 aliphatic heterocycles. The van der Waals surface area contributed by atoms with Gasteiger partial charge in [-0.3, -0.25) is 0 Å². The molecule has 0 aromatic carbocycles. The third-order valence-corrected chi connectivity index (χ3v) is 4.32. The van der Waals surface area contributed by atoms with E-state index in [2.05, 4.69) is 6.92 Å². The molecule has 3 nitrogen and oxygen atoms in total. The Kier molecular flexibility index (Phi) is 22.8. The number of carboxylic acid groups (broad SMARTS) is 1. The molecule has 0 aliphatic carbocycles. The van der Waals surface area contributed by atoms with Crippen LogP contribution in [0, 0.1) is 0 Å². The zero-order valence-electron chi connectivity index (χ0n) is 15.7. The number of hydrogen-bond acceptors (Lipinski definition) is 3. The molecule has 1 atom stereocenters. The van der Waals surface area contributed by atoms with E-state index in [4.69, 9.17) is 0 Å². The van der Waals surface area contributed by atoms with Gasteiger partial charge in [-0.05, 0) is 19.3 Å². The third kappa shape index (κ3) is 22.4. The van der Waals surface area contributed by atoms with Crippen LogP contribution in [0.3, 0.4) is 0 Å². The standard InChI is InChI=1S/C19H38O3.Na/c1-2-3-4-5-6-7-8-9-10-11-12-13-14-15-18(20)16-17-19(21)22;/h18,20H,2-17H2,1H3,(H,21,22);/q;+1/p-1. The van der Waals surface area contributed by atoms with E-state index in [0.717, 1.165) is 19.3 Å². The van der Waals surface area contributed by atoms with Gasteiger partial charge in [-0.15, -0.1) is 0 Å². The van der Waals surface area contributed by atoms with Crippen molar-refractivity contribution in [3.63, 3.8) is 0 Å². The molecule has 4 heteroatoms. The van der Waals surface area contributed by atoms with Gasteiger partial charge in [0.15, 0.2) is 0 Å². The van der Waals surface area contributed by atoms with Crippen LogP contribution in [0.15, 0.2) is 0 Å². The van der Waals surface area contributed by atoms with Crippen LogP contribution in [0.5, 0.6) is 0 Å². The van der Waals surface area contributed by atoms with E-state index in [1.54, 1.807) is 0 Å². The van der Waals surface area contributed by atoms with Crippen molar-refractivity contribution in [2.45, 2.75) is 116 Å². The molecule has 0 fully saturated rings. The SMILES string of the molecule is CCCCCCCCCCCCCCCC(O)CCC(=O)[O-].[Na+]. The van der Waals surface area contributed by atoms with Crippen LogP contribution in [-0.2, 0) is 4.79 Å². The van der Waals surface area contributed by atoms with E-state index in [9.17, 15) is 15.0 Å². The molecule has 1 unspecified atom stereocenters. The average molecular weight is 336 g/mol. The second kappa shape index (κ2) is 20.5. The van der Waals surface area contributed by atoms with Gasteiger partial charge in [0.1, 0.15) is 0 Å². The summed E-state index contributed by atoms with van der Waals surface area (Å²) in [7, 11) is 0. The van der Waals surface area contributed by atoms with Gasteiger partial charge in [0.05, 0.1) is 6.10 Å². The number of hydrogen-bond donors (Lipinski definition) is 1. The van der Waals surface area contributed by atoms with Crippen molar-refractivity contribution in [1.29, 1.82) is 0 Å². The van der Waals surface area contributed by atoms with Crippen molar-refractivity contribution in [2.24, 2.45) is 0 Å². The number of carbonyl (C=O) groups is 1. The zero-order chi connectivity index (χ0) is 16.5. The molecule has 0 saturated heterocycles. The van der Waals surface area contributed by atoms with Gasteiger partial charge in [-0.2, -0.15) is 0 Å². The van der Waals surface area contributed by atoms with E-state index in [0.29, 0.717) is 6.42 Å². The van der Waals surface area contributed by atoms with Crippen molar-refractivity contribution in [3.8, 4) is 0 Å². The van der Waals surface area contributed by atoms with Gasteiger partial charge in [-0.25, -0.2) is 0 Å². The van der Waals surface area contributed by atoms with E-state index in [-0.39, 0.29) is 36.0 Å². The van der Waals surface area contributed by atoms with Crippen LogP contribution in [0.1, 0.15) is 110 Å². The molecule has 0 aliphatic rings. The van der Waals surface area contributed by atoms with Crippen LogP contribution in [0.4, 0.5) is 0 Å². The topological polar surface area (TPSA) is 60.4 Å². The molecule has 0 amide bonds. The Labute approximate surface area is 165 Å². The number of aliphatic carboxylic acids is 1. The van der Waals surface area contributed by atoms with Gasteiger partial charge in [0.2, 0.25) is 0 Å². The Hall–Kier alpha value is 0.430. The van der Waals surface area contributed by atoms with Crippen LogP contribution < -0.4 is 34.7 Å². The maximum atomic E-state index is 10.3. The summed E-state index contributed by atoms with van der Waals surface area (Å²) >= 11 is 0. The summed E-state index contributed by atoms with van der Waals surface area (Å²) in [5, 5.41) is 19.9. The third-order valence-electron chi connectivity index (χ3n) is 4.32. The quantitative estimate of drug-likeness (QED) is 0.322. The van der Waals surface area contributed by atoms with Crippen molar-refractivity contribution in [1.82, 2.24) is 0 Å². The molecule has 0 radical (unpaired) electrons. The van der Waals surface area contributed by atoms with E-state index >= 15 is 0 Å². The predicted octanol–water partition coefficient (Wildman–Crippen LogP) is 1.36. The number of aliphatic hydroxyl groups excluding tert-OH is 1. The molecule has 0 heterocycles. The van der Waals surface area contributed by atoms with Gasteiger partial charge in [0, 0.05) is 5.97 Å². The zero-order valence-corrected chi connectivity index (χ0v) is 17.7. The van der Waals surface area contributed by atoms with Crippen LogP contribution in [-0.4, -0.2) is 17.2 Å². The molecule has 23 heavy (non-hydrogen) atoms. The van der Waals surface area contributed by atoms with Crippen LogP contribution >= 0.6 is 0 Å². The van der Waals surface area contributed by atoms with Crippen molar-refractivity contribution < 1.29 is 44.6 Å². The Bertz CT molecular complexity index is 247. The molecular formula is C19H37NaO3. The fourth-order valence-corrected chi connectivity index (χ4v) is 2.83. The summed E-state index contributed by atoms with van der Waals surface area (Å²) in [5.41, 5.74) is 0. The summed E-state index contributed by atoms with van der Waals surface area (Å²) in [5.74, 6) is -1.07. The minimum atomic E-state index is -1.07. The maximum Gasteiger partial charge on any atom is 1.00 e. The molecule has 0 spiro atoms. The van der Waals surface area contributed by atoms with Gasteiger partial charge < -0.3 is 15.0 Å². The fraction of sp³-hybridized carbons (Fsp3) is 0.947. The van der Waals surface area contributed by atoms with Gasteiger partial charge >= 0.3 is 29.6 Å². The Balaban J connectivity index is 0. The maximum absolute atomic E-state index is 10.3. The molecule has 0 bridgehead atoms. The number of carboxylic acids is 1. The first-order valence-electron chi connectivity index (χ1n) is 9.54. The number of carbonyl (C=O) groups excluding carboxylic acids is 1. The van der Waals surface area contributed by atoms with E-state index in [1.165, 1.54) is 70.6 Å². The summed E-state index contributed by atoms with van der Waals surface area (Å²) < 4.78 is 0. The van der Waals surface area contributed by atoms with Crippen molar-refractivity contribution >= 4 is 5.97 Å². The first kappa shape index (κ1) is 25.7. The summed E-state index contributed by atoms with van der Waals surface area (Å²) in [4.78, 5) is 10.3. The predicted molar refractivity (Wildman–Crippen MR) is 90.6 cm³/mol. The molecule has 1 N–H and O–H groups in total. The Morgan fingerprint density at radius 2 is 1.17 bits per heavy atom. The normalized spacial score (nSPS) is 11.9. The second-order valence-corrected chi connectivity index (χ2v) is 6.60. The minimum Gasteiger partial charge on any atom is -0.550 e. The molecule has 0 rings (SSSR count). The first-order valence-corrected chi connectivity index (χ1v) is 9.54. The monoisotopic (exact) mass is 336 g/mol. The Morgan fingerprint density at radius 3 is 1.57 bits per heavy atom. The molecule has 0 saturated carbocycles. The molecule has 0 aromatic heterocycles. The van der Waals surface area contributed by atoms with Gasteiger partial charge in [-0.1, -0.05) is 90.4 Å². The summed E-state index contributed by atoms with van der Waals surface area (Å²) in [6.07, 6.45) is 17.7. The summed E-state index contributed by atoms with van der Waals surface area (Å²) in [6, 6.07) is 0. The fourth-order valence-electron chi connectivity index (χ4n) is 2.83. The van der Waals surface area contributed by atoms with E-state index in [1.807, 2.05) is 0 Å². The number of aliphatic hydroxyl groups is 1. The van der Waals surface area contributed by atoms with Crippen LogP contribution in [0.25, 0.3) is 0 Å². The summed E-state index contributed by atoms with van der Waals surface area (Å²) in [6.45, 7) is 2.26. The molecule has 132 valence electrons. The smallest absolute Gasteiger partial charge is 0.550 e. The largest absolute Gasteiger partial charge is 1.00 e. The van der Waals surface area contributed by atoms with Crippen LogP contribution in [0.2, 0.25) is 0 Å². The molecular weight excluding hydrogens is 299 g/mol. The first-order chi connectivity index (χ1) is 10.7. The second-order valence-electron chi connectivity index (χ2n) is 6.60. The average Bonchev–Trinajstić information content (AvgIpc) is 2.49. The number of unbranched alkanes of at least 4 members (excludes halogenated alkanes) is 12. The van der Waals surface area contributed by atoms with E-state index < -0.39 is 12.1 Å². The van der Waals surface area contributed by atoms with Gasteiger partial charge in [0.25, 0.3) is 0 Å². The van der Waals surface area contributed by atoms with Crippen molar-refractivity contribution in [2.75, 3.05) is 0 Å². The minimum absolute atomic E-state index is 0. The molecule has 0 aromatic rings.